The maximum Gasteiger partial charge on any atom is 0.323 e. The van der Waals surface area contributed by atoms with E-state index >= 15 is 0 Å². The molecule has 0 spiro atoms. The second-order valence-electron chi connectivity index (χ2n) is 4.33. The van der Waals surface area contributed by atoms with Crippen molar-refractivity contribution in [2.45, 2.75) is 46.0 Å². The molecule has 1 fully saturated rings. The summed E-state index contributed by atoms with van der Waals surface area (Å²) in [7, 11) is 0. The Balaban J connectivity index is 2.98. The van der Waals surface area contributed by atoms with E-state index in [0.29, 0.717) is 6.42 Å². The molecule has 0 bridgehead atoms. The van der Waals surface area contributed by atoms with Gasteiger partial charge < -0.3 is 9.84 Å². The van der Waals surface area contributed by atoms with E-state index in [1.807, 2.05) is 0 Å². The Kier molecular flexibility index (Phi) is 4.33. The standard InChI is InChI=1S/C12H20O4/c1-3-12(10(13)14,11(15)16-4-2)9-7-5-6-8-9/h9H,3-8H2,1-2H3,(H,13,14). The summed E-state index contributed by atoms with van der Waals surface area (Å²) in [5.41, 5.74) is -1.31. The largest absolute Gasteiger partial charge is 0.480 e. The van der Waals surface area contributed by atoms with E-state index in [4.69, 9.17) is 4.74 Å². The van der Waals surface area contributed by atoms with Crippen LogP contribution in [0, 0.1) is 11.3 Å². The van der Waals surface area contributed by atoms with Crippen LogP contribution < -0.4 is 0 Å². The highest BCUT2D eigenvalue weighted by molar-refractivity contribution is 5.99. The summed E-state index contributed by atoms with van der Waals surface area (Å²) < 4.78 is 4.95. The van der Waals surface area contributed by atoms with Crippen LogP contribution in [0.1, 0.15) is 46.0 Å². The zero-order valence-corrected chi connectivity index (χ0v) is 9.99. The van der Waals surface area contributed by atoms with Gasteiger partial charge in [-0.05, 0) is 32.1 Å². The summed E-state index contributed by atoms with van der Waals surface area (Å²) in [5, 5.41) is 9.38. The van der Waals surface area contributed by atoms with Crippen LogP contribution in [0.15, 0.2) is 0 Å². The molecule has 1 aliphatic rings. The highest BCUT2D eigenvalue weighted by Crippen LogP contribution is 2.43. The van der Waals surface area contributed by atoms with Crippen LogP contribution in [0.2, 0.25) is 0 Å². The molecule has 1 rings (SSSR count). The lowest BCUT2D eigenvalue weighted by Gasteiger charge is -2.31. The molecule has 1 N–H and O–H groups in total. The minimum atomic E-state index is -1.31. The summed E-state index contributed by atoms with van der Waals surface area (Å²) >= 11 is 0. The Bertz CT molecular complexity index is 268. The van der Waals surface area contributed by atoms with Crippen LogP contribution in [-0.2, 0) is 14.3 Å². The number of hydrogen-bond donors (Lipinski definition) is 1. The van der Waals surface area contributed by atoms with Gasteiger partial charge in [0.05, 0.1) is 6.61 Å². The molecular weight excluding hydrogens is 208 g/mol. The van der Waals surface area contributed by atoms with Crippen LogP contribution in [0.5, 0.6) is 0 Å². The quantitative estimate of drug-likeness (QED) is 0.579. The monoisotopic (exact) mass is 228 g/mol. The molecule has 16 heavy (non-hydrogen) atoms. The molecule has 1 saturated carbocycles. The van der Waals surface area contributed by atoms with Gasteiger partial charge in [-0.3, -0.25) is 9.59 Å². The maximum atomic E-state index is 11.9. The number of carbonyl (C=O) groups excluding carboxylic acids is 1. The van der Waals surface area contributed by atoms with Crippen molar-refractivity contribution in [3.05, 3.63) is 0 Å². The third kappa shape index (κ3) is 2.06. The highest BCUT2D eigenvalue weighted by atomic mass is 16.5. The van der Waals surface area contributed by atoms with E-state index in [0.717, 1.165) is 25.7 Å². The molecule has 4 heteroatoms. The summed E-state index contributed by atoms with van der Waals surface area (Å²) in [4.78, 5) is 23.4. The Morgan fingerprint density at radius 1 is 1.31 bits per heavy atom. The number of rotatable bonds is 5. The zero-order valence-electron chi connectivity index (χ0n) is 9.99. The molecule has 0 heterocycles. The van der Waals surface area contributed by atoms with Crippen LogP contribution in [0.4, 0.5) is 0 Å². The molecule has 0 radical (unpaired) electrons. The van der Waals surface area contributed by atoms with Crippen molar-refractivity contribution in [1.82, 2.24) is 0 Å². The number of aliphatic carboxylic acids is 1. The van der Waals surface area contributed by atoms with Gasteiger partial charge in [-0.25, -0.2) is 0 Å². The van der Waals surface area contributed by atoms with Crippen LogP contribution in [-0.4, -0.2) is 23.7 Å². The van der Waals surface area contributed by atoms with E-state index in [-0.39, 0.29) is 12.5 Å². The number of carbonyl (C=O) groups is 2. The summed E-state index contributed by atoms with van der Waals surface area (Å²) in [5.74, 6) is -1.65. The predicted octanol–water partition coefficient (Wildman–Crippen LogP) is 2.22. The van der Waals surface area contributed by atoms with Crippen molar-refractivity contribution in [1.29, 1.82) is 0 Å². The van der Waals surface area contributed by atoms with Gasteiger partial charge in [-0.2, -0.15) is 0 Å². The summed E-state index contributed by atoms with van der Waals surface area (Å²) in [6, 6.07) is 0. The smallest absolute Gasteiger partial charge is 0.323 e. The second-order valence-corrected chi connectivity index (χ2v) is 4.33. The maximum absolute atomic E-state index is 11.9. The summed E-state index contributed by atoms with van der Waals surface area (Å²) in [6.45, 7) is 3.69. The normalized spacial score (nSPS) is 20.4. The average Bonchev–Trinajstić information content (AvgIpc) is 2.73. The lowest BCUT2D eigenvalue weighted by atomic mass is 9.72. The molecule has 0 aromatic carbocycles. The lowest BCUT2D eigenvalue weighted by molar-refractivity contribution is -0.173. The van der Waals surface area contributed by atoms with E-state index < -0.39 is 17.4 Å². The third-order valence-electron chi connectivity index (χ3n) is 3.63. The van der Waals surface area contributed by atoms with E-state index in [9.17, 15) is 14.7 Å². The van der Waals surface area contributed by atoms with Gasteiger partial charge in [-0.15, -0.1) is 0 Å². The minimum Gasteiger partial charge on any atom is -0.480 e. The van der Waals surface area contributed by atoms with E-state index in [1.165, 1.54) is 0 Å². The van der Waals surface area contributed by atoms with Crippen molar-refractivity contribution in [2.24, 2.45) is 11.3 Å². The first-order chi connectivity index (χ1) is 7.59. The molecule has 0 amide bonds. The van der Waals surface area contributed by atoms with Gasteiger partial charge in [-0.1, -0.05) is 19.8 Å². The van der Waals surface area contributed by atoms with Gasteiger partial charge in [0, 0.05) is 0 Å². The van der Waals surface area contributed by atoms with Crippen LogP contribution in [0.25, 0.3) is 0 Å². The SMILES string of the molecule is CCOC(=O)C(CC)(C(=O)O)C1CCCC1. The second kappa shape index (κ2) is 5.32. The third-order valence-corrected chi connectivity index (χ3v) is 3.63. The van der Waals surface area contributed by atoms with Gasteiger partial charge in [0.1, 0.15) is 0 Å². The van der Waals surface area contributed by atoms with Crippen molar-refractivity contribution >= 4 is 11.9 Å². The fourth-order valence-electron chi connectivity index (χ4n) is 2.69. The molecule has 0 aromatic rings. The van der Waals surface area contributed by atoms with Crippen molar-refractivity contribution in [3.8, 4) is 0 Å². The first kappa shape index (κ1) is 13.0. The molecule has 1 aliphatic carbocycles. The Morgan fingerprint density at radius 3 is 2.25 bits per heavy atom. The lowest BCUT2D eigenvalue weighted by Crippen LogP contribution is -2.45. The number of ether oxygens (including phenoxy) is 1. The van der Waals surface area contributed by atoms with Crippen molar-refractivity contribution in [2.75, 3.05) is 6.61 Å². The molecule has 0 aromatic heterocycles. The molecule has 4 nitrogen and oxygen atoms in total. The van der Waals surface area contributed by atoms with E-state index in [2.05, 4.69) is 0 Å². The van der Waals surface area contributed by atoms with Gasteiger partial charge in [0.15, 0.2) is 5.41 Å². The highest BCUT2D eigenvalue weighted by Gasteiger charge is 2.52. The minimum absolute atomic E-state index is 0.0611. The number of carboxylic acid groups (broad SMARTS) is 1. The fraction of sp³-hybridized carbons (Fsp3) is 0.833. The topological polar surface area (TPSA) is 63.6 Å². The molecule has 1 atom stereocenters. The average molecular weight is 228 g/mol. The van der Waals surface area contributed by atoms with E-state index in [1.54, 1.807) is 13.8 Å². The number of hydrogen-bond acceptors (Lipinski definition) is 3. The van der Waals surface area contributed by atoms with Gasteiger partial charge >= 0.3 is 11.9 Å². The molecular formula is C12H20O4. The van der Waals surface area contributed by atoms with Gasteiger partial charge in [0.25, 0.3) is 0 Å². The Hall–Kier alpha value is -1.06. The molecule has 92 valence electrons. The Labute approximate surface area is 96.0 Å². The molecule has 1 unspecified atom stereocenters. The predicted molar refractivity (Wildman–Crippen MR) is 59.0 cm³/mol. The first-order valence-corrected chi connectivity index (χ1v) is 6.00. The van der Waals surface area contributed by atoms with Crippen molar-refractivity contribution < 1.29 is 19.4 Å². The van der Waals surface area contributed by atoms with Gasteiger partial charge in [0.2, 0.25) is 0 Å². The number of carboxylic acids is 1. The van der Waals surface area contributed by atoms with Crippen LogP contribution >= 0.6 is 0 Å². The number of esters is 1. The molecule has 0 saturated heterocycles. The first-order valence-electron chi connectivity index (χ1n) is 6.00. The zero-order chi connectivity index (χ0) is 12.2. The van der Waals surface area contributed by atoms with Crippen LogP contribution in [0.3, 0.4) is 0 Å². The summed E-state index contributed by atoms with van der Waals surface area (Å²) in [6.07, 6.45) is 3.97. The Morgan fingerprint density at radius 2 is 1.88 bits per heavy atom. The molecule has 0 aliphatic heterocycles. The van der Waals surface area contributed by atoms with Crippen molar-refractivity contribution in [3.63, 3.8) is 0 Å². The fourth-order valence-corrected chi connectivity index (χ4v) is 2.69.